The van der Waals surface area contributed by atoms with Gasteiger partial charge in [0.15, 0.2) is 0 Å². The second-order valence-electron chi connectivity index (χ2n) is 0. The molecule has 0 bridgehead atoms. The summed E-state index contributed by atoms with van der Waals surface area (Å²) in [6.07, 6.45) is 0. The third-order valence-corrected chi connectivity index (χ3v) is 0. The Morgan fingerprint density at radius 2 is 1.25 bits per heavy atom. The Morgan fingerprint density at radius 1 is 1.25 bits per heavy atom. The molecule has 0 nitrogen and oxygen atoms in total. The first-order chi connectivity index (χ1) is 1.00. The molecule has 4 heteroatoms. The average Bonchev–Trinajstić information content (AvgIpc) is 1.00. The van der Waals surface area contributed by atoms with Gasteiger partial charge in [-0.25, -0.2) is 0 Å². The van der Waals surface area contributed by atoms with Gasteiger partial charge in [0.2, 0.25) is 0 Å². The van der Waals surface area contributed by atoms with Gasteiger partial charge in [0.1, 0.15) is 0 Å². The quantitative estimate of drug-likeness (QED) is 0.423. The maximum absolute atomic E-state index is 2.39. The van der Waals surface area contributed by atoms with Crippen molar-refractivity contribution >= 4 is 42.4 Å². The molecule has 0 aliphatic heterocycles. The van der Waals surface area contributed by atoms with Crippen LogP contribution in [0.5, 0.6) is 0 Å². The summed E-state index contributed by atoms with van der Waals surface area (Å²) in [6, 6.07) is 0. The highest BCUT2D eigenvalue weighted by atomic mass is 127. The molecule has 0 saturated heterocycles. The van der Waals surface area contributed by atoms with E-state index in [9.17, 15) is 0 Å². The van der Waals surface area contributed by atoms with Crippen molar-refractivity contribution in [2.75, 3.05) is 0 Å². The van der Waals surface area contributed by atoms with Gasteiger partial charge < -0.3 is 0 Å². The average molecular weight is 214 g/mol. The van der Waals surface area contributed by atoms with Crippen molar-refractivity contribution in [3.05, 3.63) is 0 Å². The lowest BCUT2D eigenvalue weighted by molar-refractivity contribution is 1.11. The van der Waals surface area contributed by atoms with Crippen molar-refractivity contribution in [3.63, 3.8) is 0 Å². The Labute approximate surface area is 47.2 Å². The van der Waals surface area contributed by atoms with Crippen LogP contribution in [0.2, 0.25) is 0 Å². The number of halogens is 2. The molecule has 0 amide bonds. The summed E-state index contributed by atoms with van der Waals surface area (Å²) in [5.74, 6) is 0. The molecule has 0 spiro atoms. The molecule has 0 aromatic heterocycles. The van der Waals surface area contributed by atoms with Crippen LogP contribution in [-0.4, -0.2) is 0 Å². The highest BCUT2D eigenvalue weighted by Gasteiger charge is 0.934. The van der Waals surface area contributed by atoms with Crippen molar-refractivity contribution in [1.29, 1.82) is 0 Å². The topological polar surface area (TPSA) is 0 Å². The van der Waals surface area contributed by atoms with Crippen molar-refractivity contribution < 1.29 is 4.70 Å². The second-order valence-corrected chi connectivity index (χ2v) is 0. The van der Waals surface area contributed by atoms with Crippen molar-refractivity contribution in [2.45, 2.75) is 0 Å². The molecule has 0 aromatic rings. The van der Waals surface area contributed by atoms with Gasteiger partial charge in [-0.15, -0.1) is 0 Å². The molecule has 0 radical (unpaired) electrons. The molecule has 0 heterocycles. The van der Waals surface area contributed by atoms with Crippen LogP contribution in [0, 0.1) is 0 Å². The molecule has 0 saturated carbocycles. The number of hydrogen-bond acceptors (Lipinski definition) is 0. The van der Waals surface area contributed by atoms with E-state index >= 15 is 0 Å². The van der Waals surface area contributed by atoms with Gasteiger partial charge in [0.05, 0.1) is 0 Å². The van der Waals surface area contributed by atoms with Gasteiger partial charge in [-0.2, -0.15) is 13.5 Å². The standard InChI is InChI=1S/FH.H2IP.H2S/c;1-2;/h1H;2H2;1H2. The van der Waals surface area contributed by atoms with Crippen LogP contribution >= 0.6 is 42.4 Å². The minimum Gasteiger partial charge on any atom is -0.269 e. The SMILES string of the molecule is F.PI.S. The van der Waals surface area contributed by atoms with Crippen LogP contribution in [0.3, 0.4) is 0 Å². The van der Waals surface area contributed by atoms with Gasteiger partial charge in [-0.05, 0) is 0 Å². The van der Waals surface area contributed by atoms with E-state index in [0.717, 1.165) is 0 Å². The minimum atomic E-state index is 0. The highest BCUT2D eigenvalue weighted by Crippen LogP contribution is 1.87. The van der Waals surface area contributed by atoms with E-state index in [1.165, 1.54) is 0 Å². The fourth-order valence-electron chi connectivity index (χ4n) is 0. The summed E-state index contributed by atoms with van der Waals surface area (Å²) in [6.45, 7) is 2.39. The van der Waals surface area contributed by atoms with Gasteiger partial charge in [0.25, 0.3) is 0 Å². The van der Waals surface area contributed by atoms with E-state index in [-0.39, 0.29) is 18.2 Å². The summed E-state index contributed by atoms with van der Waals surface area (Å²) in [5.41, 5.74) is 0. The maximum Gasteiger partial charge on any atom is -0.0610 e. The summed E-state index contributed by atoms with van der Waals surface area (Å²) >= 11 is 2.07. The maximum atomic E-state index is 2.39. The van der Waals surface area contributed by atoms with Gasteiger partial charge in [-0.3, -0.25) is 4.70 Å². The first kappa shape index (κ1) is 18.0. The lowest BCUT2D eigenvalue weighted by Gasteiger charge is -1.07. The van der Waals surface area contributed by atoms with Gasteiger partial charge in [-0.1, -0.05) is 28.9 Å². The molecular formula is H5FIPS. The largest absolute Gasteiger partial charge is 0.269 e. The fourth-order valence-corrected chi connectivity index (χ4v) is 0. The fraction of sp³-hybridized carbons (Fsp3) is 0. The first-order valence-electron chi connectivity index (χ1n) is 0.218. The van der Waals surface area contributed by atoms with Crippen LogP contribution in [0.4, 0.5) is 4.70 Å². The third kappa shape index (κ3) is 9.88. The second kappa shape index (κ2) is 25.3. The van der Waals surface area contributed by atoms with Crippen LogP contribution in [0.15, 0.2) is 0 Å². The van der Waals surface area contributed by atoms with Crippen LogP contribution < -0.4 is 0 Å². The van der Waals surface area contributed by atoms with E-state index < -0.39 is 0 Å². The minimum absolute atomic E-state index is 0. The summed E-state index contributed by atoms with van der Waals surface area (Å²) < 4.78 is 0. The number of rotatable bonds is 0. The first-order valence-corrected chi connectivity index (χ1v) is 4.39. The molecule has 1 unspecified atom stereocenters. The molecule has 0 aromatic carbocycles. The zero-order valence-corrected chi connectivity index (χ0v) is 6.18. The summed E-state index contributed by atoms with van der Waals surface area (Å²) in [4.78, 5) is 0. The van der Waals surface area contributed by atoms with E-state index in [4.69, 9.17) is 0 Å². The Morgan fingerprint density at radius 3 is 1.25 bits per heavy atom. The third-order valence-electron chi connectivity index (χ3n) is 0. The number of hydrogen-bond donors (Lipinski definition) is 0. The predicted molar refractivity (Wildman–Crippen MR) is 36.6 cm³/mol. The monoisotopic (exact) mass is 214 g/mol. The Hall–Kier alpha value is 1.44. The molecule has 0 fully saturated rings. The van der Waals surface area contributed by atoms with Crippen LogP contribution in [0.1, 0.15) is 0 Å². The van der Waals surface area contributed by atoms with Crippen molar-refractivity contribution in [1.82, 2.24) is 0 Å². The Balaban J connectivity index is -0.00000000500. The molecular weight excluding hydrogens is 209 g/mol. The lowest BCUT2D eigenvalue weighted by atomic mass is 19.0. The Bertz CT molecular complexity index is 8.00. The predicted octanol–water partition coefficient (Wildman–Crippen LogP) is 1.48. The summed E-state index contributed by atoms with van der Waals surface area (Å²) in [7, 11) is 0. The highest BCUT2D eigenvalue weighted by molar-refractivity contribution is 14.2. The van der Waals surface area contributed by atoms with E-state index in [2.05, 4.69) is 28.9 Å². The van der Waals surface area contributed by atoms with E-state index in [0.29, 0.717) is 0 Å². The summed E-state index contributed by atoms with van der Waals surface area (Å²) in [5, 5.41) is 0. The van der Waals surface area contributed by atoms with Gasteiger partial charge in [0, 0.05) is 0 Å². The van der Waals surface area contributed by atoms with Crippen molar-refractivity contribution in [3.8, 4) is 0 Å². The van der Waals surface area contributed by atoms with Gasteiger partial charge >= 0.3 is 0 Å². The molecule has 1 atom stereocenters. The van der Waals surface area contributed by atoms with E-state index in [1.807, 2.05) is 0 Å². The van der Waals surface area contributed by atoms with Crippen molar-refractivity contribution in [2.24, 2.45) is 0 Å². The zero-order chi connectivity index (χ0) is 2.00. The lowest BCUT2D eigenvalue weighted by Crippen LogP contribution is -0.127. The molecule has 4 heavy (non-hydrogen) atoms. The zero-order valence-electron chi connectivity index (χ0n) is 1.86. The molecule has 0 rings (SSSR count). The molecule has 0 N–H and O–H groups in total. The van der Waals surface area contributed by atoms with E-state index in [1.54, 1.807) is 0 Å². The van der Waals surface area contributed by atoms with Crippen LogP contribution in [0.25, 0.3) is 0 Å². The smallest absolute Gasteiger partial charge is 0.0610 e. The molecule has 30 valence electrons. The Kier molecular flexibility index (Phi) is 114. The molecule has 0 aliphatic carbocycles. The van der Waals surface area contributed by atoms with Crippen LogP contribution in [-0.2, 0) is 0 Å². The normalized spacial score (nSPS) is 1.50. The molecule has 0 aliphatic rings.